The highest BCUT2D eigenvalue weighted by molar-refractivity contribution is 7.10. The number of para-hydroxylation sites is 1. The summed E-state index contributed by atoms with van der Waals surface area (Å²) in [4.78, 5) is 12.6. The van der Waals surface area contributed by atoms with Crippen molar-refractivity contribution in [2.24, 2.45) is 7.05 Å². The topological polar surface area (TPSA) is 46.5 Å². The Labute approximate surface area is 149 Å². The van der Waals surface area contributed by atoms with E-state index in [0.29, 0.717) is 11.6 Å². The van der Waals surface area contributed by atoms with E-state index in [1.165, 1.54) is 16.5 Å². The molecule has 0 bridgehead atoms. The second kappa shape index (κ2) is 6.07. The highest BCUT2D eigenvalue weighted by Gasteiger charge is 2.13. The molecule has 1 aromatic carbocycles. The van der Waals surface area contributed by atoms with Crippen LogP contribution in [0, 0.1) is 0 Å². The second-order valence-electron chi connectivity index (χ2n) is 5.76. The van der Waals surface area contributed by atoms with Crippen LogP contribution in [0.25, 0.3) is 22.2 Å². The molecule has 122 valence electrons. The number of aryl methyl sites for hydroxylation is 1. The molecule has 0 saturated heterocycles. The van der Waals surface area contributed by atoms with E-state index in [0.717, 1.165) is 28.5 Å². The van der Waals surface area contributed by atoms with Crippen LogP contribution in [-0.2, 0) is 19.9 Å². The van der Waals surface area contributed by atoms with Gasteiger partial charge in [-0.15, -0.1) is 11.3 Å². The fraction of sp³-hybridized carbons (Fsp3) is 0.222. The van der Waals surface area contributed by atoms with Crippen LogP contribution >= 0.6 is 22.9 Å². The number of fused-ring (bicyclic) bond motifs is 1. The van der Waals surface area contributed by atoms with Crippen molar-refractivity contribution in [2.45, 2.75) is 19.8 Å². The van der Waals surface area contributed by atoms with Crippen molar-refractivity contribution >= 4 is 33.8 Å². The minimum absolute atomic E-state index is 0.644. The number of nitrogens with one attached hydrogen (secondary N) is 1. The molecule has 1 N–H and O–H groups in total. The summed E-state index contributed by atoms with van der Waals surface area (Å²) in [6, 6.07) is 6.43. The predicted molar refractivity (Wildman–Crippen MR) is 99.8 cm³/mol. The van der Waals surface area contributed by atoms with Crippen LogP contribution < -0.4 is 0 Å². The number of rotatable bonds is 4. The van der Waals surface area contributed by atoms with Crippen molar-refractivity contribution < 1.29 is 0 Å². The van der Waals surface area contributed by atoms with Crippen LogP contribution in [0.1, 0.15) is 23.3 Å². The third-order valence-electron chi connectivity index (χ3n) is 4.35. The maximum atomic E-state index is 6.06. The van der Waals surface area contributed by atoms with Crippen molar-refractivity contribution in [1.29, 1.82) is 0 Å². The minimum Gasteiger partial charge on any atom is -0.360 e. The van der Waals surface area contributed by atoms with Crippen molar-refractivity contribution in [2.75, 3.05) is 0 Å². The van der Waals surface area contributed by atoms with Crippen LogP contribution in [0.3, 0.4) is 0 Å². The van der Waals surface area contributed by atoms with Crippen LogP contribution in [0.5, 0.6) is 0 Å². The number of nitrogens with zero attached hydrogens (tertiary/aromatic N) is 3. The van der Waals surface area contributed by atoms with Gasteiger partial charge in [0.15, 0.2) is 0 Å². The number of benzene rings is 1. The number of halogens is 1. The molecule has 0 atom stereocenters. The minimum atomic E-state index is 0.644. The first-order valence-electron chi connectivity index (χ1n) is 7.87. The summed E-state index contributed by atoms with van der Waals surface area (Å²) < 4.78 is 1.89. The summed E-state index contributed by atoms with van der Waals surface area (Å²) in [7, 11) is 1.92. The average molecular weight is 357 g/mol. The molecule has 3 aromatic heterocycles. The van der Waals surface area contributed by atoms with Gasteiger partial charge >= 0.3 is 0 Å². The van der Waals surface area contributed by atoms with Gasteiger partial charge in [0, 0.05) is 35.1 Å². The fourth-order valence-electron chi connectivity index (χ4n) is 2.96. The Morgan fingerprint density at radius 1 is 1.33 bits per heavy atom. The summed E-state index contributed by atoms with van der Waals surface area (Å²) in [5, 5.41) is 5.02. The third-order valence-corrected chi connectivity index (χ3v) is 5.55. The molecule has 0 aliphatic heterocycles. The van der Waals surface area contributed by atoms with Gasteiger partial charge in [-0.1, -0.05) is 36.7 Å². The molecule has 0 aliphatic rings. The highest BCUT2D eigenvalue weighted by Crippen LogP contribution is 2.31. The van der Waals surface area contributed by atoms with E-state index in [-0.39, 0.29) is 0 Å². The van der Waals surface area contributed by atoms with Crippen LogP contribution in [-0.4, -0.2) is 19.5 Å². The number of imidazole rings is 1. The molecular weight excluding hydrogens is 340 g/mol. The number of hydrogen-bond acceptors (Lipinski definition) is 3. The quantitative estimate of drug-likeness (QED) is 0.569. The lowest BCUT2D eigenvalue weighted by Crippen LogP contribution is -1.99. The molecule has 0 radical (unpaired) electrons. The predicted octanol–water partition coefficient (Wildman–Crippen LogP) is 4.83. The number of aromatic amines is 1. The Morgan fingerprint density at radius 3 is 2.96 bits per heavy atom. The molecule has 0 fully saturated rings. The van der Waals surface area contributed by atoms with E-state index in [1.807, 2.05) is 11.6 Å². The van der Waals surface area contributed by atoms with E-state index in [2.05, 4.69) is 46.7 Å². The molecule has 4 rings (SSSR count). The summed E-state index contributed by atoms with van der Waals surface area (Å²) >= 11 is 7.71. The molecule has 6 heteroatoms. The maximum Gasteiger partial charge on any atom is 0.128 e. The van der Waals surface area contributed by atoms with E-state index in [4.69, 9.17) is 16.6 Å². The molecule has 4 nitrogen and oxygen atoms in total. The second-order valence-corrected chi connectivity index (χ2v) is 7.08. The Kier molecular flexibility index (Phi) is 3.90. The first-order valence-corrected chi connectivity index (χ1v) is 9.13. The third kappa shape index (κ3) is 2.54. The van der Waals surface area contributed by atoms with Gasteiger partial charge in [-0.2, -0.15) is 0 Å². The SMILES string of the molecule is CCc1cccc2c(-c3csc(Cc4ncc(Cl)n4C)n3)c[nH]c12. The van der Waals surface area contributed by atoms with Gasteiger partial charge in [0.25, 0.3) is 0 Å². The zero-order valence-electron chi connectivity index (χ0n) is 13.5. The van der Waals surface area contributed by atoms with Gasteiger partial charge in [0.05, 0.1) is 18.3 Å². The van der Waals surface area contributed by atoms with Crippen molar-refractivity contribution in [3.63, 3.8) is 0 Å². The largest absolute Gasteiger partial charge is 0.360 e. The molecule has 3 heterocycles. The standard InChI is InChI=1S/C18H17ClN4S/c1-3-11-5-4-6-12-13(8-21-18(11)12)14-10-24-17(22-14)7-16-20-9-15(19)23(16)2/h4-6,8-10,21H,3,7H2,1-2H3. The molecular formula is C18H17ClN4S. The maximum absolute atomic E-state index is 6.06. The van der Waals surface area contributed by atoms with Crippen molar-refractivity contribution in [3.05, 3.63) is 57.5 Å². The summed E-state index contributed by atoms with van der Waals surface area (Å²) in [5.41, 5.74) is 4.70. The molecule has 0 amide bonds. The van der Waals surface area contributed by atoms with E-state index < -0.39 is 0 Å². The Balaban J connectivity index is 1.69. The molecule has 0 unspecified atom stereocenters. The van der Waals surface area contributed by atoms with Crippen LogP contribution in [0.2, 0.25) is 5.15 Å². The van der Waals surface area contributed by atoms with E-state index in [9.17, 15) is 0 Å². The summed E-state index contributed by atoms with van der Waals surface area (Å²) in [5.74, 6) is 0.924. The average Bonchev–Trinajstić information content (AvgIpc) is 3.29. The molecule has 0 aliphatic carbocycles. The fourth-order valence-corrected chi connectivity index (χ4v) is 3.90. The van der Waals surface area contributed by atoms with Crippen molar-refractivity contribution in [3.8, 4) is 11.3 Å². The smallest absolute Gasteiger partial charge is 0.128 e. The summed E-state index contributed by atoms with van der Waals surface area (Å²) in [6.07, 6.45) is 5.44. The zero-order valence-corrected chi connectivity index (χ0v) is 15.1. The number of H-pyrrole nitrogens is 1. The lowest BCUT2D eigenvalue weighted by atomic mass is 10.1. The monoisotopic (exact) mass is 356 g/mol. The normalized spacial score (nSPS) is 11.5. The first-order chi connectivity index (χ1) is 11.7. The van der Waals surface area contributed by atoms with E-state index in [1.54, 1.807) is 17.5 Å². The van der Waals surface area contributed by atoms with Gasteiger partial charge < -0.3 is 9.55 Å². The summed E-state index contributed by atoms with van der Waals surface area (Å²) in [6.45, 7) is 2.17. The number of hydrogen-bond donors (Lipinski definition) is 1. The van der Waals surface area contributed by atoms with Gasteiger partial charge in [0.1, 0.15) is 16.0 Å². The molecule has 4 aromatic rings. The van der Waals surface area contributed by atoms with Crippen LogP contribution in [0.15, 0.2) is 36.0 Å². The Morgan fingerprint density at radius 2 is 2.21 bits per heavy atom. The van der Waals surface area contributed by atoms with E-state index >= 15 is 0 Å². The molecule has 0 spiro atoms. The Bertz CT molecular complexity index is 1010. The van der Waals surface area contributed by atoms with Gasteiger partial charge in [0.2, 0.25) is 0 Å². The lowest BCUT2D eigenvalue weighted by molar-refractivity contribution is 0.820. The zero-order chi connectivity index (χ0) is 16.7. The number of aromatic nitrogens is 4. The first kappa shape index (κ1) is 15.4. The molecule has 24 heavy (non-hydrogen) atoms. The lowest BCUT2D eigenvalue weighted by Gasteiger charge is -2.00. The van der Waals surface area contributed by atoms with Crippen LogP contribution in [0.4, 0.5) is 0 Å². The van der Waals surface area contributed by atoms with Crippen molar-refractivity contribution in [1.82, 2.24) is 19.5 Å². The van der Waals surface area contributed by atoms with Gasteiger partial charge in [-0.3, -0.25) is 0 Å². The number of thiazole rings is 1. The van der Waals surface area contributed by atoms with Gasteiger partial charge in [-0.05, 0) is 12.0 Å². The van der Waals surface area contributed by atoms with Gasteiger partial charge in [-0.25, -0.2) is 9.97 Å². The molecule has 0 saturated carbocycles. The Hall–Kier alpha value is -2.11. The highest BCUT2D eigenvalue weighted by atomic mass is 35.5.